The lowest BCUT2D eigenvalue weighted by atomic mass is 10.1. The van der Waals surface area contributed by atoms with Crippen LogP contribution in [0.25, 0.3) is 11.0 Å². The molecule has 0 amide bonds. The fraction of sp³-hybridized carbons (Fsp3) is 0.316. The highest BCUT2D eigenvalue weighted by Gasteiger charge is 2.05. The predicted molar refractivity (Wildman–Crippen MR) is 92.4 cm³/mol. The number of hydrogen-bond donors (Lipinski definition) is 1. The molecule has 0 spiro atoms. The topological polar surface area (TPSA) is 47.1 Å². The molecule has 1 N–H and O–H groups in total. The number of hydrogen-bond acceptors (Lipinski definition) is 3. The molecular formula is C19H22N2O2. The Morgan fingerprint density at radius 3 is 2.43 bits per heavy atom. The number of imidazole rings is 1. The lowest BCUT2D eigenvalue weighted by Gasteiger charge is -2.06. The van der Waals surface area contributed by atoms with Gasteiger partial charge >= 0.3 is 0 Å². The van der Waals surface area contributed by atoms with Crippen LogP contribution in [0.15, 0.2) is 36.4 Å². The summed E-state index contributed by atoms with van der Waals surface area (Å²) < 4.78 is 10.9. The molecule has 1 heterocycles. The first kappa shape index (κ1) is 15.4. The van der Waals surface area contributed by atoms with E-state index < -0.39 is 0 Å². The standard InChI is InChI=1S/C19H22N2O2/c1-13-11-17-18(12-14(13)2)21-19(20-17)5-4-10-23-16-8-6-15(22-3)7-9-16/h6-9,11-12H,4-5,10H2,1-3H3,(H,20,21). The molecule has 0 aliphatic heterocycles. The largest absolute Gasteiger partial charge is 0.497 e. The number of fused-ring (bicyclic) bond motifs is 1. The van der Waals surface area contributed by atoms with Crippen LogP contribution in [-0.2, 0) is 6.42 Å². The molecule has 1 aromatic heterocycles. The number of nitrogens with zero attached hydrogens (tertiary/aromatic N) is 1. The molecular weight excluding hydrogens is 288 g/mol. The number of nitrogens with one attached hydrogen (secondary N) is 1. The van der Waals surface area contributed by atoms with Crippen LogP contribution in [0.2, 0.25) is 0 Å². The Hall–Kier alpha value is -2.49. The Kier molecular flexibility index (Phi) is 4.51. The van der Waals surface area contributed by atoms with Crippen LogP contribution < -0.4 is 9.47 Å². The van der Waals surface area contributed by atoms with E-state index in [4.69, 9.17) is 9.47 Å². The predicted octanol–water partition coefficient (Wildman–Crippen LogP) is 4.20. The van der Waals surface area contributed by atoms with Crippen LogP contribution in [0.3, 0.4) is 0 Å². The molecule has 2 aromatic carbocycles. The van der Waals surface area contributed by atoms with Crippen molar-refractivity contribution in [3.63, 3.8) is 0 Å². The van der Waals surface area contributed by atoms with Crippen LogP contribution in [0.1, 0.15) is 23.4 Å². The van der Waals surface area contributed by atoms with Gasteiger partial charge in [-0.1, -0.05) is 0 Å². The number of aromatic amines is 1. The van der Waals surface area contributed by atoms with Crippen LogP contribution in [0.4, 0.5) is 0 Å². The molecule has 3 aromatic rings. The normalized spacial score (nSPS) is 10.9. The van der Waals surface area contributed by atoms with Gasteiger partial charge in [0.2, 0.25) is 0 Å². The van der Waals surface area contributed by atoms with E-state index in [1.54, 1.807) is 7.11 Å². The minimum atomic E-state index is 0.668. The van der Waals surface area contributed by atoms with Crippen molar-refractivity contribution in [2.75, 3.05) is 13.7 Å². The zero-order valence-corrected chi connectivity index (χ0v) is 13.8. The van der Waals surface area contributed by atoms with Crippen molar-refractivity contribution < 1.29 is 9.47 Å². The fourth-order valence-corrected chi connectivity index (χ4v) is 2.54. The summed E-state index contributed by atoms with van der Waals surface area (Å²) in [6, 6.07) is 11.9. The summed E-state index contributed by atoms with van der Waals surface area (Å²) in [6.45, 7) is 4.91. The third-order valence-electron chi connectivity index (χ3n) is 4.03. The zero-order chi connectivity index (χ0) is 16.2. The number of H-pyrrole nitrogens is 1. The Bertz CT molecular complexity index is 752. The molecule has 0 unspecified atom stereocenters. The van der Waals surface area contributed by atoms with Gasteiger partial charge in [0.1, 0.15) is 17.3 Å². The number of aryl methyl sites for hydroxylation is 3. The quantitative estimate of drug-likeness (QED) is 0.694. The highest BCUT2D eigenvalue weighted by molar-refractivity contribution is 5.77. The molecule has 0 aliphatic carbocycles. The van der Waals surface area contributed by atoms with Crippen molar-refractivity contribution in [3.05, 3.63) is 53.3 Å². The van der Waals surface area contributed by atoms with E-state index in [9.17, 15) is 0 Å². The maximum atomic E-state index is 5.74. The molecule has 4 nitrogen and oxygen atoms in total. The van der Waals surface area contributed by atoms with E-state index in [0.29, 0.717) is 6.61 Å². The average molecular weight is 310 g/mol. The summed E-state index contributed by atoms with van der Waals surface area (Å²) in [5, 5.41) is 0. The smallest absolute Gasteiger partial charge is 0.119 e. The van der Waals surface area contributed by atoms with Crippen molar-refractivity contribution >= 4 is 11.0 Å². The molecule has 0 fully saturated rings. The molecule has 0 bridgehead atoms. The van der Waals surface area contributed by atoms with Gasteiger partial charge in [-0.3, -0.25) is 0 Å². The van der Waals surface area contributed by atoms with Crippen molar-refractivity contribution in [2.24, 2.45) is 0 Å². The minimum Gasteiger partial charge on any atom is -0.497 e. The van der Waals surface area contributed by atoms with E-state index in [2.05, 4.69) is 35.9 Å². The summed E-state index contributed by atoms with van der Waals surface area (Å²) in [7, 11) is 1.66. The molecule has 23 heavy (non-hydrogen) atoms. The Morgan fingerprint density at radius 1 is 1.00 bits per heavy atom. The van der Waals surface area contributed by atoms with E-state index in [1.807, 2.05) is 24.3 Å². The van der Waals surface area contributed by atoms with E-state index >= 15 is 0 Å². The molecule has 4 heteroatoms. The number of benzene rings is 2. The average Bonchev–Trinajstić information content (AvgIpc) is 2.94. The van der Waals surface area contributed by atoms with Gasteiger partial charge in [0.15, 0.2) is 0 Å². The maximum Gasteiger partial charge on any atom is 0.119 e. The highest BCUT2D eigenvalue weighted by Crippen LogP contribution is 2.19. The monoisotopic (exact) mass is 310 g/mol. The van der Waals surface area contributed by atoms with Crippen LogP contribution in [-0.4, -0.2) is 23.7 Å². The molecule has 0 saturated carbocycles. The first-order valence-corrected chi connectivity index (χ1v) is 7.88. The van der Waals surface area contributed by atoms with E-state index in [1.165, 1.54) is 11.1 Å². The second-order valence-electron chi connectivity index (χ2n) is 5.76. The van der Waals surface area contributed by atoms with E-state index in [0.717, 1.165) is 41.2 Å². The molecule has 0 aliphatic rings. The van der Waals surface area contributed by atoms with Crippen molar-refractivity contribution in [1.82, 2.24) is 9.97 Å². The first-order valence-electron chi connectivity index (χ1n) is 7.88. The summed E-state index contributed by atoms with van der Waals surface area (Å²) in [5.41, 5.74) is 4.72. The van der Waals surface area contributed by atoms with E-state index in [-0.39, 0.29) is 0 Å². The second-order valence-corrected chi connectivity index (χ2v) is 5.76. The molecule has 3 rings (SSSR count). The zero-order valence-electron chi connectivity index (χ0n) is 13.8. The Morgan fingerprint density at radius 2 is 1.70 bits per heavy atom. The number of ether oxygens (including phenoxy) is 2. The van der Waals surface area contributed by atoms with Crippen molar-refractivity contribution in [1.29, 1.82) is 0 Å². The van der Waals surface area contributed by atoms with Crippen LogP contribution >= 0.6 is 0 Å². The molecule has 0 atom stereocenters. The fourth-order valence-electron chi connectivity index (χ4n) is 2.54. The first-order chi connectivity index (χ1) is 11.2. The lowest BCUT2D eigenvalue weighted by Crippen LogP contribution is -2.00. The maximum absolute atomic E-state index is 5.74. The number of methoxy groups -OCH3 is 1. The summed E-state index contributed by atoms with van der Waals surface area (Å²) >= 11 is 0. The van der Waals surface area contributed by atoms with Gasteiger partial charge < -0.3 is 14.5 Å². The Balaban J connectivity index is 1.54. The molecule has 120 valence electrons. The van der Waals surface area contributed by atoms with Crippen LogP contribution in [0.5, 0.6) is 11.5 Å². The minimum absolute atomic E-state index is 0.668. The second kappa shape index (κ2) is 6.73. The van der Waals surface area contributed by atoms with Crippen LogP contribution in [0, 0.1) is 13.8 Å². The van der Waals surface area contributed by atoms with Gasteiger partial charge in [-0.15, -0.1) is 0 Å². The summed E-state index contributed by atoms with van der Waals surface area (Å²) in [5.74, 6) is 2.72. The number of aromatic nitrogens is 2. The van der Waals surface area contributed by atoms with Crippen molar-refractivity contribution in [2.45, 2.75) is 26.7 Å². The van der Waals surface area contributed by atoms with Gasteiger partial charge in [0.25, 0.3) is 0 Å². The molecule has 0 saturated heterocycles. The Labute approximate surface area is 136 Å². The van der Waals surface area contributed by atoms with Gasteiger partial charge in [-0.2, -0.15) is 0 Å². The van der Waals surface area contributed by atoms with Gasteiger partial charge in [-0.25, -0.2) is 4.98 Å². The van der Waals surface area contributed by atoms with Crippen molar-refractivity contribution in [3.8, 4) is 11.5 Å². The van der Waals surface area contributed by atoms with Gasteiger partial charge in [0, 0.05) is 6.42 Å². The third kappa shape index (κ3) is 3.65. The summed E-state index contributed by atoms with van der Waals surface area (Å²) in [4.78, 5) is 8.05. The lowest BCUT2D eigenvalue weighted by molar-refractivity contribution is 0.309. The third-order valence-corrected chi connectivity index (χ3v) is 4.03. The SMILES string of the molecule is COc1ccc(OCCCc2nc3cc(C)c(C)cc3[nH]2)cc1. The van der Waals surface area contributed by atoms with Gasteiger partial charge in [0.05, 0.1) is 24.8 Å². The summed E-state index contributed by atoms with van der Waals surface area (Å²) in [6.07, 6.45) is 1.80. The highest BCUT2D eigenvalue weighted by atomic mass is 16.5. The molecule has 0 radical (unpaired) electrons. The van der Waals surface area contributed by atoms with Gasteiger partial charge in [-0.05, 0) is 67.8 Å². The number of rotatable bonds is 6.